The molecule has 0 saturated heterocycles. The molecule has 0 aromatic carbocycles. The molecule has 0 bridgehead atoms. The summed E-state index contributed by atoms with van der Waals surface area (Å²) in [4.78, 5) is 17.1. The van der Waals surface area contributed by atoms with E-state index in [1.54, 1.807) is 0 Å². The third-order valence-electron chi connectivity index (χ3n) is 0.381. The average Bonchev–Trinajstić information content (AvgIpc) is 1.57. The van der Waals surface area contributed by atoms with Crippen LogP contribution in [-0.2, 0) is 4.52 Å². The van der Waals surface area contributed by atoms with Crippen molar-refractivity contribution in [1.82, 2.24) is 0 Å². The third-order valence-corrected chi connectivity index (χ3v) is 1.73. The van der Waals surface area contributed by atoms with Crippen molar-refractivity contribution in [2.45, 2.75) is 0 Å². The Bertz CT molecular complexity index is 89.7. The van der Waals surface area contributed by atoms with E-state index in [2.05, 4.69) is 4.52 Å². The molecule has 0 aromatic heterocycles. The maximum absolute atomic E-state index is 8.55. The first-order chi connectivity index (χ1) is 3.81. The summed E-state index contributed by atoms with van der Waals surface area (Å²) in [6, 6.07) is 0. The molecule has 58 valence electrons. The first-order valence-electron chi connectivity index (χ1n) is 1.98. The fraction of sp³-hybridized carbons (Fsp3) is 1.00. The van der Waals surface area contributed by atoms with E-state index in [9.17, 15) is 0 Å². The molecule has 0 radical (unpaired) electrons. The molecule has 0 aromatic rings. The van der Waals surface area contributed by atoms with Crippen LogP contribution in [0.2, 0.25) is 0 Å². The molecule has 0 fully saturated rings. The van der Waals surface area contributed by atoms with Gasteiger partial charge in [-0.05, 0) is 0 Å². The van der Waals surface area contributed by atoms with E-state index < -0.39 is 5.99 Å². The third kappa shape index (κ3) is 9.18. The second-order valence-electron chi connectivity index (χ2n) is 1.28. The predicted molar refractivity (Wildman–Crippen MR) is 39.7 cm³/mol. The van der Waals surface area contributed by atoms with Crippen LogP contribution in [0.1, 0.15) is 0 Å². The Labute approximate surface area is 67.2 Å². The molecule has 9 heavy (non-hydrogen) atoms. The van der Waals surface area contributed by atoms with Crippen molar-refractivity contribution < 1.29 is 14.3 Å². The van der Waals surface area contributed by atoms with E-state index in [1.165, 1.54) is 0 Å². The molecule has 0 unspecified atom stereocenters. The van der Waals surface area contributed by atoms with Gasteiger partial charge in [0, 0.05) is 0 Å². The summed E-state index contributed by atoms with van der Waals surface area (Å²) in [6.45, 7) is -0.0840. The molecule has 0 spiro atoms. The van der Waals surface area contributed by atoms with Gasteiger partial charge in [-0.25, -0.2) is 0 Å². The molecule has 0 aliphatic heterocycles. The molecule has 0 saturated carbocycles. The Hall–Kier alpha value is 1.18. The van der Waals surface area contributed by atoms with E-state index in [0.717, 1.165) is 0 Å². The molecular formula is C2H6Cl3O3P. The zero-order valence-electron chi connectivity index (χ0n) is 4.30. The zero-order chi connectivity index (χ0) is 7.57. The monoisotopic (exact) mass is 214 g/mol. The average molecular weight is 215 g/mol. The Morgan fingerprint density at radius 2 is 1.78 bits per heavy atom. The van der Waals surface area contributed by atoms with Crippen molar-refractivity contribution in [1.29, 1.82) is 0 Å². The van der Waals surface area contributed by atoms with Crippen molar-refractivity contribution >= 4 is 40.1 Å². The first kappa shape index (κ1) is 10.2. The molecule has 0 amide bonds. The van der Waals surface area contributed by atoms with Gasteiger partial charge in [0.1, 0.15) is 0 Å². The number of rotatable bonds is 3. The van der Waals surface area contributed by atoms with Crippen LogP contribution in [0.5, 0.6) is 0 Å². The molecule has 0 aliphatic rings. The minimum absolute atomic E-state index is 0.0840. The summed E-state index contributed by atoms with van der Waals surface area (Å²) in [5, 5.41) is 0. The van der Waals surface area contributed by atoms with Gasteiger partial charge in [-0.3, -0.25) is 0 Å². The van der Waals surface area contributed by atoms with E-state index in [-0.39, 0.29) is 12.5 Å². The van der Waals surface area contributed by atoms with E-state index in [4.69, 9.17) is 43.9 Å². The fourth-order valence-corrected chi connectivity index (χ4v) is 1.18. The normalized spacial score (nSPS) is 16.8. The van der Waals surface area contributed by atoms with Crippen LogP contribution < -0.4 is 0 Å². The van der Waals surface area contributed by atoms with Crippen LogP contribution in [-0.4, -0.2) is 22.3 Å². The van der Waals surface area contributed by atoms with Gasteiger partial charge in [0.25, 0.3) is 0 Å². The van der Waals surface area contributed by atoms with Crippen LogP contribution in [0, 0.1) is 0 Å². The van der Waals surface area contributed by atoms with E-state index >= 15 is 0 Å². The van der Waals surface area contributed by atoms with Gasteiger partial charge in [-0.1, -0.05) is 0 Å². The fourth-order valence-electron chi connectivity index (χ4n) is 0.185. The van der Waals surface area contributed by atoms with Gasteiger partial charge in [-0.15, -0.1) is 0 Å². The second-order valence-corrected chi connectivity index (χ2v) is 7.61. The Balaban J connectivity index is 3.60. The maximum atomic E-state index is 8.55. The van der Waals surface area contributed by atoms with Gasteiger partial charge in [0.05, 0.1) is 0 Å². The standard InChI is InChI=1S/C2H6Cl3O3P/c3-1-2-8-9(4,5,6)7/h6-7H,1-2H2. The summed E-state index contributed by atoms with van der Waals surface area (Å²) >= 11 is 14.9. The van der Waals surface area contributed by atoms with E-state index in [1.807, 2.05) is 0 Å². The predicted octanol–water partition coefficient (Wildman–Crippen LogP) is 1.83. The molecule has 7 heteroatoms. The van der Waals surface area contributed by atoms with Crippen LogP contribution in [0.15, 0.2) is 0 Å². The van der Waals surface area contributed by atoms with Gasteiger partial charge in [-0.2, -0.15) is 0 Å². The van der Waals surface area contributed by atoms with Crippen molar-refractivity contribution in [2.75, 3.05) is 12.5 Å². The van der Waals surface area contributed by atoms with Crippen LogP contribution in [0.4, 0.5) is 0 Å². The Morgan fingerprint density at radius 1 is 1.33 bits per heavy atom. The molecular weight excluding hydrogens is 209 g/mol. The summed E-state index contributed by atoms with van der Waals surface area (Å²) in [7, 11) is 0. The Morgan fingerprint density at radius 3 is 1.89 bits per heavy atom. The van der Waals surface area contributed by atoms with Crippen molar-refractivity contribution in [3.8, 4) is 0 Å². The van der Waals surface area contributed by atoms with Gasteiger partial charge in [0.15, 0.2) is 0 Å². The zero-order valence-corrected chi connectivity index (χ0v) is 7.46. The summed E-state index contributed by atoms with van der Waals surface area (Å²) in [5.41, 5.74) is 0. The minimum atomic E-state index is -4.77. The quantitative estimate of drug-likeness (QED) is 0.558. The number of hydrogen-bond acceptors (Lipinski definition) is 3. The van der Waals surface area contributed by atoms with E-state index in [0.29, 0.717) is 0 Å². The molecule has 2 N–H and O–H groups in total. The van der Waals surface area contributed by atoms with Gasteiger partial charge in [0.2, 0.25) is 0 Å². The van der Waals surface area contributed by atoms with Crippen molar-refractivity contribution in [2.24, 2.45) is 0 Å². The molecule has 0 atom stereocenters. The van der Waals surface area contributed by atoms with Gasteiger partial charge >= 0.3 is 66.9 Å². The number of hydrogen-bond donors (Lipinski definition) is 2. The first-order valence-corrected chi connectivity index (χ1v) is 6.38. The second kappa shape index (κ2) is 3.05. The number of alkyl halides is 1. The van der Waals surface area contributed by atoms with Crippen LogP contribution >= 0.6 is 40.1 Å². The summed E-state index contributed by atoms with van der Waals surface area (Å²) in [6.07, 6.45) is 0. The van der Waals surface area contributed by atoms with Crippen molar-refractivity contribution in [3.05, 3.63) is 0 Å². The topological polar surface area (TPSA) is 49.7 Å². The summed E-state index contributed by atoms with van der Waals surface area (Å²) in [5.74, 6) is -4.66. The SMILES string of the molecule is OP(O)(Cl)(Cl)OCCCl. The van der Waals surface area contributed by atoms with Gasteiger partial charge < -0.3 is 0 Å². The van der Waals surface area contributed by atoms with Crippen molar-refractivity contribution in [3.63, 3.8) is 0 Å². The Kier molecular flexibility index (Phi) is 3.46. The number of halogens is 3. The molecule has 0 rings (SSSR count). The summed E-state index contributed by atoms with van der Waals surface area (Å²) < 4.78 is 4.21. The molecule has 0 heterocycles. The van der Waals surface area contributed by atoms with Crippen LogP contribution in [0.25, 0.3) is 0 Å². The molecule has 3 nitrogen and oxygen atoms in total. The van der Waals surface area contributed by atoms with Crippen LogP contribution in [0.3, 0.4) is 0 Å². The molecule has 0 aliphatic carbocycles.